The van der Waals surface area contributed by atoms with Gasteiger partial charge < -0.3 is 28.6 Å². The number of amides is 1. The third-order valence-electron chi connectivity index (χ3n) is 11.6. The molecule has 0 radical (unpaired) electrons. The predicted molar refractivity (Wildman–Crippen MR) is 229 cm³/mol. The summed E-state index contributed by atoms with van der Waals surface area (Å²) in [7, 11) is 1.74. The second-order valence-corrected chi connectivity index (χ2v) is 16.6. The molecule has 3 aromatic heterocycles. The van der Waals surface area contributed by atoms with Crippen molar-refractivity contribution >= 4 is 62.6 Å². The molecule has 8 rings (SSSR count). The highest BCUT2D eigenvalue weighted by Crippen LogP contribution is 2.45. The first-order chi connectivity index (χ1) is 27.7. The van der Waals surface area contributed by atoms with Crippen LogP contribution in [0.5, 0.6) is 5.75 Å². The zero-order chi connectivity index (χ0) is 41.2. The number of aryl methyl sites for hydroxylation is 7. The van der Waals surface area contributed by atoms with Crippen molar-refractivity contribution in [2.24, 2.45) is 7.05 Å². The van der Waals surface area contributed by atoms with Crippen LogP contribution in [0.2, 0.25) is 10.0 Å². The predicted octanol–water partition coefficient (Wildman–Crippen LogP) is 9.20. The van der Waals surface area contributed by atoms with Gasteiger partial charge in [0.1, 0.15) is 23.0 Å². The number of aromatic carboxylic acids is 1. The summed E-state index contributed by atoms with van der Waals surface area (Å²) in [5, 5.41) is 13.0. The summed E-state index contributed by atoms with van der Waals surface area (Å²) in [6.45, 7) is 16.5. The van der Waals surface area contributed by atoms with Crippen molar-refractivity contribution < 1.29 is 24.2 Å². The van der Waals surface area contributed by atoms with Gasteiger partial charge >= 0.3 is 5.97 Å². The average Bonchev–Trinajstić information content (AvgIpc) is 3.69. The Bertz CT molecular complexity index is 2600. The number of hydrogen-bond acceptors (Lipinski definition) is 7. The second kappa shape index (κ2) is 15.7. The zero-order valence-corrected chi connectivity index (χ0v) is 35.5. The fourth-order valence-corrected chi connectivity index (χ4v) is 9.37. The minimum Gasteiger partial charge on any atom is -0.494 e. The van der Waals surface area contributed by atoms with Crippen LogP contribution in [0.25, 0.3) is 32.9 Å². The zero-order valence-electron chi connectivity index (χ0n) is 34.0. The molecule has 3 aromatic carbocycles. The number of carboxylic acid groups (broad SMARTS) is 1. The number of benzene rings is 3. The Hall–Kier alpha value is -4.94. The summed E-state index contributed by atoms with van der Waals surface area (Å²) in [5.41, 5.74) is 10.0. The third-order valence-corrected chi connectivity index (χ3v) is 12.5. The van der Waals surface area contributed by atoms with Gasteiger partial charge in [0, 0.05) is 71.0 Å². The van der Waals surface area contributed by atoms with E-state index in [9.17, 15) is 9.90 Å². The Morgan fingerprint density at radius 1 is 0.948 bits per heavy atom. The van der Waals surface area contributed by atoms with Gasteiger partial charge in [0.05, 0.1) is 48.1 Å². The lowest BCUT2D eigenvalue weighted by Crippen LogP contribution is -2.43. The monoisotopic (exact) mass is 822 g/mol. The summed E-state index contributed by atoms with van der Waals surface area (Å²) >= 11 is 13.7. The van der Waals surface area contributed by atoms with E-state index >= 15 is 4.79 Å². The van der Waals surface area contributed by atoms with E-state index in [2.05, 4.69) is 16.4 Å². The standard InChI is InChI=1S/C45H48Cl2N6O5/c1-24-17-30-21-36(45(55)56)50(7)41(30)35(18-24)52-22-27(4)53-42-33(32(43(53)44(52)54)9-8-14-58-31-19-25(2)40(47)26(3)20-31)10-11-34(46)39(42)38-28(5)48-37(49-29(38)6)23-51-12-15-57-16-13-51/h10-11,17-21,27H,8-9,12-16,22-23H2,1-7H3,(H,55,56). The molecule has 0 aliphatic carbocycles. The largest absolute Gasteiger partial charge is 0.494 e. The van der Waals surface area contributed by atoms with Crippen molar-refractivity contribution in [2.45, 2.75) is 67.0 Å². The van der Waals surface area contributed by atoms with Gasteiger partial charge in [-0.25, -0.2) is 14.8 Å². The van der Waals surface area contributed by atoms with Gasteiger partial charge in [0.25, 0.3) is 5.91 Å². The van der Waals surface area contributed by atoms with Crippen molar-refractivity contribution in [3.63, 3.8) is 0 Å². The van der Waals surface area contributed by atoms with Crippen LogP contribution in [-0.2, 0) is 24.8 Å². The lowest BCUT2D eigenvalue weighted by atomic mass is 9.97. The normalized spacial score (nSPS) is 16.1. The van der Waals surface area contributed by atoms with Crippen LogP contribution in [0.15, 0.2) is 42.5 Å². The van der Waals surface area contributed by atoms with E-state index < -0.39 is 5.97 Å². The van der Waals surface area contributed by atoms with Crippen molar-refractivity contribution in [1.82, 2.24) is 24.0 Å². The molecule has 5 heterocycles. The molecule has 0 spiro atoms. The number of carbonyl (C=O) groups is 2. The summed E-state index contributed by atoms with van der Waals surface area (Å²) in [5.74, 6) is 0.320. The van der Waals surface area contributed by atoms with Crippen LogP contribution in [0.1, 0.15) is 79.8 Å². The molecular formula is C45H48Cl2N6O5. The van der Waals surface area contributed by atoms with Gasteiger partial charge in [-0.15, -0.1) is 0 Å². The molecule has 1 saturated heterocycles. The molecule has 1 amide bonds. The number of rotatable bonds is 10. The summed E-state index contributed by atoms with van der Waals surface area (Å²) < 4.78 is 15.6. The molecule has 302 valence electrons. The number of hydrogen-bond donors (Lipinski definition) is 1. The van der Waals surface area contributed by atoms with Gasteiger partial charge in [-0.2, -0.15) is 0 Å². The van der Waals surface area contributed by atoms with E-state index in [0.717, 1.165) is 90.7 Å². The van der Waals surface area contributed by atoms with Crippen molar-refractivity contribution in [3.8, 4) is 16.9 Å². The third kappa shape index (κ3) is 7.01. The minimum atomic E-state index is -1.03. The summed E-state index contributed by atoms with van der Waals surface area (Å²) in [6, 6.07) is 13.3. The Balaban J connectivity index is 1.26. The van der Waals surface area contributed by atoms with E-state index in [4.69, 9.17) is 42.6 Å². The van der Waals surface area contributed by atoms with E-state index in [1.165, 1.54) is 0 Å². The van der Waals surface area contributed by atoms with Crippen LogP contribution in [-0.4, -0.2) is 80.4 Å². The Morgan fingerprint density at radius 2 is 1.64 bits per heavy atom. The highest BCUT2D eigenvalue weighted by Gasteiger charge is 2.38. The molecule has 0 bridgehead atoms. The molecule has 1 unspecified atom stereocenters. The molecule has 11 nitrogen and oxygen atoms in total. The Labute approximate surface area is 348 Å². The number of anilines is 1. The first-order valence-corrected chi connectivity index (χ1v) is 20.5. The first-order valence-electron chi connectivity index (χ1n) is 19.8. The van der Waals surface area contributed by atoms with Gasteiger partial charge in [-0.1, -0.05) is 29.3 Å². The number of carboxylic acids is 1. The molecule has 0 saturated carbocycles. The molecule has 2 aliphatic heterocycles. The van der Waals surface area contributed by atoms with Gasteiger partial charge in [-0.3, -0.25) is 9.69 Å². The highest BCUT2D eigenvalue weighted by molar-refractivity contribution is 6.35. The molecule has 2 aliphatic rings. The number of fused-ring (bicyclic) bond motifs is 4. The fourth-order valence-electron chi connectivity index (χ4n) is 9.02. The van der Waals surface area contributed by atoms with Crippen LogP contribution >= 0.6 is 23.2 Å². The molecule has 1 N–H and O–H groups in total. The highest BCUT2D eigenvalue weighted by atomic mass is 35.5. The average molecular weight is 824 g/mol. The summed E-state index contributed by atoms with van der Waals surface area (Å²) in [6.07, 6.45) is 1.19. The van der Waals surface area contributed by atoms with Crippen LogP contribution in [0, 0.1) is 34.6 Å². The Kier molecular flexibility index (Phi) is 10.8. The molecule has 6 aromatic rings. The van der Waals surface area contributed by atoms with E-state index in [0.29, 0.717) is 67.7 Å². The smallest absolute Gasteiger partial charge is 0.352 e. The minimum absolute atomic E-state index is 0.156. The van der Waals surface area contributed by atoms with Crippen molar-refractivity contribution in [2.75, 3.05) is 44.4 Å². The quantitative estimate of drug-likeness (QED) is 0.136. The number of ether oxygens (including phenoxy) is 2. The molecule has 1 atom stereocenters. The maximum absolute atomic E-state index is 15.3. The number of morpholine rings is 1. The summed E-state index contributed by atoms with van der Waals surface area (Å²) in [4.78, 5) is 41.7. The SMILES string of the molecule is Cc1cc(N2CC(C)n3c(c(CCCOc4cc(C)c(Cl)c(C)c4)c4ccc(Cl)c(-c5c(C)nc(CN6CCOCC6)nc5C)c43)C2=O)c2c(c1)cc(C(=O)O)n2C. The molecule has 58 heavy (non-hydrogen) atoms. The maximum atomic E-state index is 15.3. The second-order valence-electron chi connectivity index (χ2n) is 15.8. The fraction of sp³-hybridized carbons (Fsp3) is 0.378. The number of aromatic nitrogens is 4. The number of carbonyl (C=O) groups excluding carboxylic acids is 1. The lowest BCUT2D eigenvalue weighted by molar-refractivity contribution is 0.0330. The van der Waals surface area contributed by atoms with E-state index in [-0.39, 0.29) is 17.6 Å². The Morgan fingerprint density at radius 3 is 2.31 bits per heavy atom. The number of halogens is 2. The van der Waals surface area contributed by atoms with Crippen molar-refractivity contribution in [3.05, 3.63) is 103 Å². The van der Waals surface area contributed by atoms with Gasteiger partial charge in [0.15, 0.2) is 0 Å². The van der Waals surface area contributed by atoms with Crippen LogP contribution in [0.3, 0.4) is 0 Å². The number of nitrogens with zero attached hydrogens (tertiary/aromatic N) is 6. The molecule has 13 heteroatoms. The lowest BCUT2D eigenvalue weighted by Gasteiger charge is -2.35. The molecule has 1 fully saturated rings. The maximum Gasteiger partial charge on any atom is 0.352 e. The van der Waals surface area contributed by atoms with E-state index in [1.54, 1.807) is 17.7 Å². The van der Waals surface area contributed by atoms with Crippen LogP contribution < -0.4 is 9.64 Å². The topological polar surface area (TPSA) is 115 Å². The van der Waals surface area contributed by atoms with Gasteiger partial charge in [-0.05, 0) is 113 Å². The first kappa shape index (κ1) is 39.9. The van der Waals surface area contributed by atoms with E-state index in [1.807, 2.05) is 75.9 Å². The van der Waals surface area contributed by atoms with Crippen molar-refractivity contribution in [1.29, 1.82) is 0 Å². The molecular weight excluding hydrogens is 775 g/mol. The van der Waals surface area contributed by atoms with Crippen LogP contribution in [0.4, 0.5) is 5.69 Å². The van der Waals surface area contributed by atoms with Gasteiger partial charge in [0.2, 0.25) is 0 Å².